The van der Waals surface area contributed by atoms with Crippen molar-refractivity contribution in [2.24, 2.45) is 5.73 Å². The fourth-order valence-electron chi connectivity index (χ4n) is 1.27. The Labute approximate surface area is 91.5 Å². The van der Waals surface area contributed by atoms with Crippen LogP contribution in [0.1, 0.15) is 5.56 Å². The SMILES string of the molecule is NCc1cnsc1-c1ccccc1Cl. The Morgan fingerprint density at radius 1 is 1.36 bits per heavy atom. The van der Waals surface area contributed by atoms with E-state index in [4.69, 9.17) is 17.3 Å². The first-order valence-corrected chi connectivity index (χ1v) is 5.36. The number of nitrogens with two attached hydrogens (primary N) is 1. The molecule has 0 bridgehead atoms. The Hall–Kier alpha value is -0.900. The van der Waals surface area contributed by atoms with E-state index in [0.29, 0.717) is 6.54 Å². The van der Waals surface area contributed by atoms with Crippen LogP contribution in [0.25, 0.3) is 10.4 Å². The first kappa shape index (κ1) is 9.65. The summed E-state index contributed by atoms with van der Waals surface area (Å²) in [5.74, 6) is 0. The molecule has 0 radical (unpaired) electrons. The van der Waals surface area contributed by atoms with Crippen LogP contribution < -0.4 is 5.73 Å². The highest BCUT2D eigenvalue weighted by molar-refractivity contribution is 7.09. The quantitative estimate of drug-likeness (QED) is 0.852. The number of halogens is 1. The van der Waals surface area contributed by atoms with Crippen molar-refractivity contribution < 1.29 is 0 Å². The molecule has 1 aromatic carbocycles. The minimum atomic E-state index is 0.497. The predicted octanol–water partition coefficient (Wildman–Crippen LogP) is 2.92. The standard InChI is InChI=1S/C10H9ClN2S/c11-9-4-2-1-3-8(9)10-7(5-12)6-13-14-10/h1-4,6H,5,12H2. The van der Waals surface area contributed by atoms with Crippen LogP contribution in [0.3, 0.4) is 0 Å². The minimum absolute atomic E-state index is 0.497. The number of aromatic nitrogens is 1. The summed E-state index contributed by atoms with van der Waals surface area (Å²) in [4.78, 5) is 1.07. The number of benzene rings is 1. The summed E-state index contributed by atoms with van der Waals surface area (Å²) >= 11 is 7.51. The molecule has 2 N–H and O–H groups in total. The van der Waals surface area contributed by atoms with E-state index in [0.717, 1.165) is 21.0 Å². The Morgan fingerprint density at radius 3 is 2.86 bits per heavy atom. The average Bonchev–Trinajstić information content (AvgIpc) is 2.66. The minimum Gasteiger partial charge on any atom is -0.326 e. The molecule has 4 heteroatoms. The van der Waals surface area contributed by atoms with E-state index in [1.807, 2.05) is 24.3 Å². The second kappa shape index (κ2) is 4.09. The normalized spacial score (nSPS) is 10.4. The van der Waals surface area contributed by atoms with Crippen molar-refractivity contribution in [3.8, 4) is 10.4 Å². The van der Waals surface area contributed by atoms with Gasteiger partial charge in [-0.15, -0.1) is 0 Å². The maximum atomic E-state index is 6.08. The van der Waals surface area contributed by atoms with Crippen LogP contribution >= 0.6 is 23.1 Å². The summed E-state index contributed by atoms with van der Waals surface area (Å²) < 4.78 is 4.11. The van der Waals surface area contributed by atoms with Crippen LogP contribution in [0.2, 0.25) is 5.02 Å². The lowest BCUT2D eigenvalue weighted by Crippen LogP contribution is -1.95. The van der Waals surface area contributed by atoms with E-state index in [1.165, 1.54) is 11.5 Å². The van der Waals surface area contributed by atoms with Crippen molar-refractivity contribution >= 4 is 23.1 Å². The number of hydrogen-bond donors (Lipinski definition) is 1. The second-order valence-corrected chi connectivity index (χ2v) is 4.07. The van der Waals surface area contributed by atoms with Gasteiger partial charge < -0.3 is 5.73 Å². The molecular weight excluding hydrogens is 216 g/mol. The molecule has 2 nitrogen and oxygen atoms in total. The molecule has 1 aromatic heterocycles. The monoisotopic (exact) mass is 224 g/mol. The fraction of sp³-hybridized carbons (Fsp3) is 0.100. The molecule has 0 unspecified atom stereocenters. The van der Waals surface area contributed by atoms with Gasteiger partial charge in [0.1, 0.15) is 0 Å². The van der Waals surface area contributed by atoms with E-state index in [9.17, 15) is 0 Å². The zero-order valence-electron chi connectivity index (χ0n) is 7.40. The van der Waals surface area contributed by atoms with Gasteiger partial charge in [0.2, 0.25) is 0 Å². The smallest absolute Gasteiger partial charge is 0.0609 e. The maximum Gasteiger partial charge on any atom is 0.0609 e. The van der Waals surface area contributed by atoms with E-state index < -0.39 is 0 Å². The van der Waals surface area contributed by atoms with Gasteiger partial charge in [0.15, 0.2) is 0 Å². The molecular formula is C10H9ClN2S. The van der Waals surface area contributed by atoms with Gasteiger partial charge in [-0.1, -0.05) is 29.8 Å². The summed E-state index contributed by atoms with van der Waals surface area (Å²) in [6, 6.07) is 7.72. The zero-order valence-corrected chi connectivity index (χ0v) is 8.98. The van der Waals surface area contributed by atoms with Crippen molar-refractivity contribution in [1.82, 2.24) is 4.37 Å². The van der Waals surface area contributed by atoms with Crippen molar-refractivity contribution in [2.75, 3.05) is 0 Å². The van der Waals surface area contributed by atoms with Crippen LogP contribution in [-0.2, 0) is 6.54 Å². The van der Waals surface area contributed by atoms with Gasteiger partial charge in [0.25, 0.3) is 0 Å². The van der Waals surface area contributed by atoms with Crippen molar-refractivity contribution in [2.45, 2.75) is 6.54 Å². The van der Waals surface area contributed by atoms with Gasteiger partial charge in [0.05, 0.1) is 4.88 Å². The summed E-state index contributed by atoms with van der Waals surface area (Å²) in [6.45, 7) is 0.497. The van der Waals surface area contributed by atoms with E-state index in [2.05, 4.69) is 4.37 Å². The Kier molecular flexibility index (Phi) is 2.82. The molecule has 0 amide bonds. The molecule has 0 aliphatic carbocycles. The van der Waals surface area contributed by atoms with Gasteiger partial charge in [-0.25, -0.2) is 4.37 Å². The molecule has 14 heavy (non-hydrogen) atoms. The van der Waals surface area contributed by atoms with Crippen LogP contribution in [0.4, 0.5) is 0 Å². The first-order chi connectivity index (χ1) is 6.83. The third-order valence-electron chi connectivity index (χ3n) is 1.98. The number of rotatable bonds is 2. The predicted molar refractivity (Wildman–Crippen MR) is 60.5 cm³/mol. The summed E-state index contributed by atoms with van der Waals surface area (Å²) in [5, 5.41) is 0.742. The van der Waals surface area contributed by atoms with E-state index in [-0.39, 0.29) is 0 Å². The van der Waals surface area contributed by atoms with Gasteiger partial charge >= 0.3 is 0 Å². The fourth-order valence-corrected chi connectivity index (χ4v) is 2.37. The molecule has 2 aromatic rings. The molecule has 0 saturated heterocycles. The highest BCUT2D eigenvalue weighted by Gasteiger charge is 2.09. The summed E-state index contributed by atoms with van der Waals surface area (Å²) in [7, 11) is 0. The van der Waals surface area contributed by atoms with Crippen LogP contribution in [0.5, 0.6) is 0 Å². The lowest BCUT2D eigenvalue weighted by atomic mass is 10.1. The van der Waals surface area contributed by atoms with Gasteiger partial charge in [-0.05, 0) is 17.6 Å². The summed E-state index contributed by atoms with van der Waals surface area (Å²) in [5.41, 5.74) is 7.66. The molecule has 2 rings (SSSR count). The Bertz CT molecular complexity index is 439. The van der Waals surface area contributed by atoms with E-state index >= 15 is 0 Å². The largest absolute Gasteiger partial charge is 0.326 e. The molecule has 0 atom stereocenters. The molecule has 0 spiro atoms. The topological polar surface area (TPSA) is 38.9 Å². The lowest BCUT2D eigenvalue weighted by Gasteiger charge is -2.02. The first-order valence-electron chi connectivity index (χ1n) is 4.21. The average molecular weight is 225 g/mol. The third-order valence-corrected chi connectivity index (χ3v) is 3.19. The Morgan fingerprint density at radius 2 is 2.14 bits per heavy atom. The molecule has 0 aliphatic rings. The van der Waals surface area contributed by atoms with Crippen molar-refractivity contribution in [1.29, 1.82) is 0 Å². The van der Waals surface area contributed by atoms with Gasteiger partial charge in [-0.3, -0.25) is 0 Å². The maximum absolute atomic E-state index is 6.08. The number of hydrogen-bond acceptors (Lipinski definition) is 3. The van der Waals surface area contributed by atoms with Crippen molar-refractivity contribution in [3.63, 3.8) is 0 Å². The lowest BCUT2D eigenvalue weighted by molar-refractivity contribution is 1.08. The number of nitrogens with zero attached hydrogens (tertiary/aromatic N) is 1. The molecule has 1 heterocycles. The molecule has 72 valence electrons. The highest BCUT2D eigenvalue weighted by atomic mass is 35.5. The second-order valence-electron chi connectivity index (χ2n) is 2.86. The molecule has 0 fully saturated rings. The Balaban J connectivity index is 2.54. The molecule has 0 saturated carbocycles. The highest BCUT2D eigenvalue weighted by Crippen LogP contribution is 2.32. The van der Waals surface area contributed by atoms with Gasteiger partial charge in [0, 0.05) is 28.9 Å². The van der Waals surface area contributed by atoms with Crippen LogP contribution in [-0.4, -0.2) is 4.37 Å². The van der Waals surface area contributed by atoms with Crippen molar-refractivity contribution in [3.05, 3.63) is 41.0 Å². The molecule has 0 aliphatic heterocycles. The van der Waals surface area contributed by atoms with Crippen LogP contribution in [0, 0.1) is 0 Å². The van der Waals surface area contributed by atoms with Crippen LogP contribution in [0.15, 0.2) is 30.5 Å². The zero-order chi connectivity index (χ0) is 9.97. The third kappa shape index (κ3) is 1.66. The van der Waals surface area contributed by atoms with E-state index in [1.54, 1.807) is 6.20 Å². The summed E-state index contributed by atoms with van der Waals surface area (Å²) in [6.07, 6.45) is 1.79. The van der Waals surface area contributed by atoms with Gasteiger partial charge in [-0.2, -0.15) is 0 Å².